The Labute approximate surface area is 99.5 Å². The monoisotopic (exact) mass is 226 g/mol. The van der Waals surface area contributed by atoms with Crippen molar-refractivity contribution in [1.82, 2.24) is 10.2 Å². The number of hydrogen-bond donors (Lipinski definition) is 1. The van der Waals surface area contributed by atoms with E-state index in [-0.39, 0.29) is 5.60 Å². The number of methoxy groups -OCH3 is 1. The van der Waals surface area contributed by atoms with E-state index in [1.165, 1.54) is 38.9 Å². The first-order valence-electron chi connectivity index (χ1n) is 6.61. The largest absolute Gasteiger partial charge is 0.377 e. The van der Waals surface area contributed by atoms with Crippen LogP contribution < -0.4 is 5.32 Å². The maximum absolute atomic E-state index is 5.53. The van der Waals surface area contributed by atoms with Crippen LogP contribution in [0.1, 0.15) is 33.1 Å². The Morgan fingerprint density at radius 3 is 2.75 bits per heavy atom. The van der Waals surface area contributed by atoms with Crippen LogP contribution in [0.5, 0.6) is 0 Å². The van der Waals surface area contributed by atoms with E-state index in [0.29, 0.717) is 0 Å². The van der Waals surface area contributed by atoms with Gasteiger partial charge in [-0.25, -0.2) is 0 Å². The first-order chi connectivity index (χ1) is 7.61. The summed E-state index contributed by atoms with van der Waals surface area (Å²) in [6, 6.07) is 0.732. The zero-order valence-corrected chi connectivity index (χ0v) is 11.0. The summed E-state index contributed by atoms with van der Waals surface area (Å²) in [7, 11) is 1.81. The highest BCUT2D eigenvalue weighted by molar-refractivity contribution is 4.91. The average Bonchev–Trinajstić information content (AvgIpc) is 3.02. The molecule has 1 saturated heterocycles. The second-order valence-electron chi connectivity index (χ2n) is 5.95. The van der Waals surface area contributed by atoms with Crippen molar-refractivity contribution < 1.29 is 4.74 Å². The fourth-order valence-electron chi connectivity index (χ4n) is 2.59. The molecule has 2 aliphatic rings. The van der Waals surface area contributed by atoms with Gasteiger partial charge in [-0.15, -0.1) is 0 Å². The number of nitrogens with zero attached hydrogens (tertiary/aromatic N) is 1. The molecule has 1 aliphatic carbocycles. The average molecular weight is 226 g/mol. The second kappa shape index (κ2) is 5.03. The molecule has 1 saturated carbocycles. The summed E-state index contributed by atoms with van der Waals surface area (Å²) in [6.45, 7) is 9.01. The van der Waals surface area contributed by atoms with Crippen molar-refractivity contribution in [2.75, 3.05) is 33.3 Å². The van der Waals surface area contributed by atoms with E-state index in [1.807, 2.05) is 7.11 Å². The fourth-order valence-corrected chi connectivity index (χ4v) is 2.59. The number of hydrogen-bond acceptors (Lipinski definition) is 3. The van der Waals surface area contributed by atoms with Crippen LogP contribution >= 0.6 is 0 Å². The molecule has 0 spiro atoms. The smallest absolute Gasteiger partial charge is 0.0749 e. The Balaban J connectivity index is 1.87. The lowest BCUT2D eigenvalue weighted by molar-refractivity contribution is -0.00809. The Bertz CT molecular complexity index is 226. The van der Waals surface area contributed by atoms with Gasteiger partial charge >= 0.3 is 0 Å². The van der Waals surface area contributed by atoms with Gasteiger partial charge in [0.1, 0.15) is 0 Å². The van der Waals surface area contributed by atoms with Crippen molar-refractivity contribution in [3.05, 3.63) is 0 Å². The van der Waals surface area contributed by atoms with Crippen LogP contribution in [-0.2, 0) is 4.74 Å². The van der Waals surface area contributed by atoms with Crippen LogP contribution in [0.2, 0.25) is 0 Å². The molecule has 0 aromatic heterocycles. The SMILES string of the molecule is COC(C)(C)CN1CCCNC(C2CC2)C1. The highest BCUT2D eigenvalue weighted by atomic mass is 16.5. The summed E-state index contributed by atoms with van der Waals surface area (Å²) in [5, 5.41) is 3.69. The van der Waals surface area contributed by atoms with Crippen molar-refractivity contribution in [1.29, 1.82) is 0 Å². The molecule has 1 unspecified atom stereocenters. The minimum absolute atomic E-state index is 0.0154. The highest BCUT2D eigenvalue weighted by Gasteiger charge is 2.34. The van der Waals surface area contributed by atoms with E-state index in [0.717, 1.165) is 18.5 Å². The molecule has 0 aromatic carbocycles. The summed E-state index contributed by atoms with van der Waals surface area (Å²) < 4.78 is 5.53. The van der Waals surface area contributed by atoms with Crippen LogP contribution in [0.3, 0.4) is 0 Å². The molecule has 0 radical (unpaired) electrons. The molecule has 1 heterocycles. The maximum atomic E-state index is 5.53. The van der Waals surface area contributed by atoms with Gasteiger partial charge in [-0.3, -0.25) is 4.90 Å². The molecule has 2 rings (SSSR count). The predicted octanol–water partition coefficient (Wildman–Crippen LogP) is 1.49. The van der Waals surface area contributed by atoms with E-state index in [9.17, 15) is 0 Å². The Hall–Kier alpha value is -0.120. The van der Waals surface area contributed by atoms with Gasteiger partial charge in [0.25, 0.3) is 0 Å². The van der Waals surface area contributed by atoms with Gasteiger partial charge in [-0.05, 0) is 52.1 Å². The Morgan fingerprint density at radius 1 is 1.38 bits per heavy atom. The molecule has 0 bridgehead atoms. The summed E-state index contributed by atoms with van der Waals surface area (Å²) >= 11 is 0. The number of ether oxygens (including phenoxy) is 1. The zero-order valence-electron chi connectivity index (χ0n) is 11.0. The van der Waals surface area contributed by atoms with Gasteiger partial charge in [-0.1, -0.05) is 0 Å². The van der Waals surface area contributed by atoms with Crippen molar-refractivity contribution in [3.8, 4) is 0 Å². The lowest BCUT2D eigenvalue weighted by Crippen LogP contribution is -2.45. The molecular weight excluding hydrogens is 200 g/mol. The molecule has 1 aliphatic heterocycles. The molecule has 3 nitrogen and oxygen atoms in total. The van der Waals surface area contributed by atoms with Crippen molar-refractivity contribution in [2.45, 2.75) is 44.8 Å². The van der Waals surface area contributed by atoms with Crippen LogP contribution in [0.25, 0.3) is 0 Å². The molecule has 1 N–H and O–H groups in total. The minimum Gasteiger partial charge on any atom is -0.377 e. The van der Waals surface area contributed by atoms with Crippen molar-refractivity contribution in [3.63, 3.8) is 0 Å². The third-order valence-electron chi connectivity index (χ3n) is 3.86. The Morgan fingerprint density at radius 2 is 2.12 bits per heavy atom. The number of rotatable bonds is 4. The molecule has 0 aromatic rings. The maximum Gasteiger partial charge on any atom is 0.0749 e. The van der Waals surface area contributed by atoms with Crippen LogP contribution in [-0.4, -0.2) is 49.8 Å². The summed E-state index contributed by atoms with van der Waals surface area (Å²) in [5.74, 6) is 0.950. The number of nitrogens with one attached hydrogen (secondary N) is 1. The van der Waals surface area contributed by atoms with Gasteiger partial charge < -0.3 is 10.1 Å². The summed E-state index contributed by atoms with van der Waals surface area (Å²) in [6.07, 6.45) is 4.13. The zero-order chi connectivity index (χ0) is 11.6. The first-order valence-corrected chi connectivity index (χ1v) is 6.61. The van der Waals surface area contributed by atoms with Crippen LogP contribution in [0.15, 0.2) is 0 Å². The van der Waals surface area contributed by atoms with Crippen LogP contribution in [0, 0.1) is 5.92 Å². The summed E-state index contributed by atoms with van der Waals surface area (Å²) in [4.78, 5) is 2.58. The predicted molar refractivity (Wildman–Crippen MR) is 66.7 cm³/mol. The van der Waals surface area contributed by atoms with E-state index in [4.69, 9.17) is 4.74 Å². The third-order valence-corrected chi connectivity index (χ3v) is 3.86. The van der Waals surface area contributed by atoms with Crippen molar-refractivity contribution in [2.24, 2.45) is 5.92 Å². The summed E-state index contributed by atoms with van der Waals surface area (Å²) in [5.41, 5.74) is -0.0154. The molecule has 0 amide bonds. The van der Waals surface area contributed by atoms with Gasteiger partial charge in [-0.2, -0.15) is 0 Å². The van der Waals surface area contributed by atoms with Gasteiger partial charge in [0.05, 0.1) is 5.60 Å². The molecule has 94 valence electrons. The van der Waals surface area contributed by atoms with Gasteiger partial charge in [0, 0.05) is 26.2 Å². The normalized spacial score (nSPS) is 29.1. The molecule has 2 fully saturated rings. The molecule has 1 atom stereocenters. The Kier molecular flexibility index (Phi) is 3.88. The third kappa shape index (κ3) is 3.44. The minimum atomic E-state index is -0.0154. The second-order valence-corrected chi connectivity index (χ2v) is 5.95. The van der Waals surface area contributed by atoms with Gasteiger partial charge in [0.2, 0.25) is 0 Å². The van der Waals surface area contributed by atoms with E-state index in [1.54, 1.807) is 0 Å². The van der Waals surface area contributed by atoms with E-state index >= 15 is 0 Å². The standard InChI is InChI=1S/C13H26N2O/c1-13(2,16-3)10-15-8-4-7-14-12(9-15)11-5-6-11/h11-12,14H,4-10H2,1-3H3. The lowest BCUT2D eigenvalue weighted by atomic mass is 10.1. The highest BCUT2D eigenvalue weighted by Crippen LogP contribution is 2.33. The molecular formula is C13H26N2O. The molecule has 3 heteroatoms. The van der Waals surface area contributed by atoms with Gasteiger partial charge in [0.15, 0.2) is 0 Å². The first kappa shape index (κ1) is 12.3. The lowest BCUT2D eigenvalue weighted by Gasteiger charge is -2.32. The van der Waals surface area contributed by atoms with Crippen LogP contribution in [0.4, 0.5) is 0 Å². The van der Waals surface area contributed by atoms with E-state index in [2.05, 4.69) is 24.1 Å². The van der Waals surface area contributed by atoms with E-state index < -0.39 is 0 Å². The molecule has 16 heavy (non-hydrogen) atoms. The topological polar surface area (TPSA) is 24.5 Å². The quantitative estimate of drug-likeness (QED) is 0.786. The fraction of sp³-hybridized carbons (Fsp3) is 1.00. The van der Waals surface area contributed by atoms with Crippen molar-refractivity contribution >= 4 is 0 Å².